The molecule has 6 nitrogen and oxygen atoms in total. The number of sulfonamides is 1. The van der Waals surface area contributed by atoms with Crippen molar-refractivity contribution < 1.29 is 13.5 Å². The zero-order valence-electron chi connectivity index (χ0n) is 8.98. The summed E-state index contributed by atoms with van der Waals surface area (Å²) in [6.45, 7) is 3.09. The summed E-state index contributed by atoms with van der Waals surface area (Å²) in [6.07, 6.45) is 0.331. The average Bonchev–Trinajstić information content (AvgIpc) is 2.45. The second-order valence-electron chi connectivity index (χ2n) is 3.46. The van der Waals surface area contributed by atoms with E-state index in [0.29, 0.717) is 23.5 Å². The minimum absolute atomic E-state index is 0.00212. The molecule has 1 unspecified atom stereocenters. The molecule has 1 heterocycles. The zero-order chi connectivity index (χ0) is 12.3. The van der Waals surface area contributed by atoms with Crippen LogP contribution in [0.1, 0.15) is 19.0 Å². The van der Waals surface area contributed by atoms with Crippen LogP contribution in [-0.4, -0.2) is 31.2 Å². The Hall–Kier alpha value is -0.700. The van der Waals surface area contributed by atoms with E-state index in [1.807, 2.05) is 0 Å². The van der Waals surface area contributed by atoms with E-state index in [4.69, 9.17) is 5.11 Å². The molecule has 16 heavy (non-hydrogen) atoms. The van der Waals surface area contributed by atoms with Gasteiger partial charge in [0.15, 0.2) is 4.21 Å². The third-order valence-electron chi connectivity index (χ3n) is 1.94. The molecule has 1 atom stereocenters. The van der Waals surface area contributed by atoms with Gasteiger partial charge >= 0.3 is 4.87 Å². The van der Waals surface area contributed by atoms with Crippen LogP contribution >= 0.6 is 11.3 Å². The molecule has 0 aliphatic carbocycles. The van der Waals surface area contributed by atoms with E-state index < -0.39 is 14.9 Å². The van der Waals surface area contributed by atoms with E-state index >= 15 is 0 Å². The van der Waals surface area contributed by atoms with Gasteiger partial charge in [0, 0.05) is 18.3 Å². The molecule has 3 N–H and O–H groups in total. The van der Waals surface area contributed by atoms with Crippen molar-refractivity contribution in [3.05, 3.63) is 15.4 Å². The zero-order valence-corrected chi connectivity index (χ0v) is 10.6. The minimum atomic E-state index is -3.67. The van der Waals surface area contributed by atoms with E-state index in [2.05, 4.69) is 9.71 Å². The highest BCUT2D eigenvalue weighted by Crippen LogP contribution is 2.16. The van der Waals surface area contributed by atoms with E-state index in [1.165, 1.54) is 6.92 Å². The number of nitrogens with one attached hydrogen (secondary N) is 2. The fraction of sp³-hybridized carbons (Fsp3) is 0.625. The van der Waals surface area contributed by atoms with E-state index in [1.54, 1.807) is 6.92 Å². The Morgan fingerprint density at radius 3 is 2.62 bits per heavy atom. The molecule has 0 aromatic carbocycles. The van der Waals surface area contributed by atoms with Gasteiger partial charge in [-0.2, -0.15) is 0 Å². The minimum Gasteiger partial charge on any atom is -0.396 e. The third-order valence-corrected chi connectivity index (χ3v) is 5.14. The highest BCUT2D eigenvalue weighted by atomic mass is 32.2. The molecular weight excluding hydrogens is 252 g/mol. The van der Waals surface area contributed by atoms with Crippen LogP contribution in [0.25, 0.3) is 0 Å². The van der Waals surface area contributed by atoms with Gasteiger partial charge in [-0.25, -0.2) is 13.1 Å². The van der Waals surface area contributed by atoms with Gasteiger partial charge in [-0.1, -0.05) is 11.3 Å². The smallest absolute Gasteiger partial charge is 0.305 e. The lowest BCUT2D eigenvalue weighted by atomic mass is 10.3. The molecule has 0 fully saturated rings. The molecule has 0 aliphatic heterocycles. The molecule has 0 bridgehead atoms. The Kier molecular flexibility index (Phi) is 4.25. The maximum atomic E-state index is 11.8. The third kappa shape index (κ3) is 3.14. The maximum Gasteiger partial charge on any atom is 0.305 e. The highest BCUT2D eigenvalue weighted by molar-refractivity contribution is 7.91. The van der Waals surface area contributed by atoms with Crippen molar-refractivity contribution in [1.29, 1.82) is 0 Å². The number of hydrogen-bond donors (Lipinski definition) is 3. The number of aliphatic hydroxyl groups excluding tert-OH is 1. The largest absolute Gasteiger partial charge is 0.396 e. The monoisotopic (exact) mass is 266 g/mol. The molecule has 8 heteroatoms. The van der Waals surface area contributed by atoms with Crippen molar-refractivity contribution >= 4 is 21.4 Å². The van der Waals surface area contributed by atoms with E-state index in [0.717, 1.165) is 0 Å². The summed E-state index contributed by atoms with van der Waals surface area (Å²) in [5, 5.41) is 8.67. The van der Waals surface area contributed by atoms with Crippen molar-refractivity contribution in [2.45, 2.75) is 30.5 Å². The standard InChI is InChI=1S/C8H14N2O4S2/c1-5(3-4-11)10-16(13,14)7-6(2)9-8(12)15-7/h5,10-11H,3-4H2,1-2H3,(H,9,12). The predicted molar refractivity (Wildman–Crippen MR) is 61.2 cm³/mol. The van der Waals surface area contributed by atoms with Crippen molar-refractivity contribution in [2.24, 2.45) is 0 Å². The molecule has 0 saturated carbocycles. The molecule has 0 radical (unpaired) electrons. The Morgan fingerprint density at radius 1 is 1.56 bits per heavy atom. The van der Waals surface area contributed by atoms with Crippen molar-refractivity contribution in [1.82, 2.24) is 9.71 Å². The van der Waals surface area contributed by atoms with Gasteiger partial charge in [-0.3, -0.25) is 4.79 Å². The number of hydrogen-bond acceptors (Lipinski definition) is 5. The first-order valence-electron chi connectivity index (χ1n) is 4.69. The lowest BCUT2D eigenvalue weighted by Crippen LogP contribution is -2.33. The lowest BCUT2D eigenvalue weighted by Gasteiger charge is -2.11. The SMILES string of the molecule is Cc1[nH]c(=O)sc1S(=O)(=O)NC(C)CCO. The predicted octanol–water partition coefficient (Wildman–Crippen LogP) is -0.206. The number of H-pyrrole nitrogens is 1. The highest BCUT2D eigenvalue weighted by Gasteiger charge is 2.22. The van der Waals surface area contributed by atoms with Crippen LogP contribution < -0.4 is 9.60 Å². The summed E-state index contributed by atoms with van der Waals surface area (Å²) in [4.78, 5) is 13.0. The van der Waals surface area contributed by atoms with Crippen LogP contribution in [0, 0.1) is 6.92 Å². The quantitative estimate of drug-likeness (QED) is 0.687. The second-order valence-corrected chi connectivity index (χ2v) is 6.35. The Bertz CT molecular complexity index is 502. The number of rotatable bonds is 5. The van der Waals surface area contributed by atoms with Crippen molar-refractivity contribution in [3.8, 4) is 0 Å². The molecule has 1 aromatic rings. The summed E-state index contributed by atoms with van der Waals surface area (Å²) < 4.78 is 26.0. The summed E-state index contributed by atoms with van der Waals surface area (Å²) in [7, 11) is -3.67. The van der Waals surface area contributed by atoms with Crippen molar-refractivity contribution in [2.75, 3.05) is 6.61 Å². The number of aromatic amines is 1. The average molecular weight is 266 g/mol. The van der Waals surface area contributed by atoms with Gasteiger partial charge < -0.3 is 10.1 Å². The summed E-state index contributed by atoms with van der Waals surface area (Å²) >= 11 is 0.657. The molecule has 0 spiro atoms. The molecule has 0 saturated heterocycles. The van der Waals surface area contributed by atoms with Crippen LogP contribution in [-0.2, 0) is 10.0 Å². The molecule has 1 aromatic heterocycles. The van der Waals surface area contributed by atoms with Gasteiger partial charge in [-0.15, -0.1) is 0 Å². The summed E-state index contributed by atoms with van der Waals surface area (Å²) in [5.41, 5.74) is 0.332. The normalized spacial score (nSPS) is 13.9. The maximum absolute atomic E-state index is 11.8. The van der Waals surface area contributed by atoms with Gasteiger partial charge in [-0.05, 0) is 20.3 Å². The lowest BCUT2D eigenvalue weighted by molar-refractivity contribution is 0.275. The molecule has 0 amide bonds. The first-order valence-corrected chi connectivity index (χ1v) is 6.99. The van der Waals surface area contributed by atoms with Crippen molar-refractivity contribution in [3.63, 3.8) is 0 Å². The first kappa shape index (κ1) is 13.4. The first-order chi connectivity index (χ1) is 7.36. The summed E-state index contributed by atoms with van der Waals surface area (Å²) in [5.74, 6) is 0. The van der Waals surface area contributed by atoms with Crippen LogP contribution in [0.5, 0.6) is 0 Å². The van der Waals surface area contributed by atoms with Crippen LogP contribution in [0.2, 0.25) is 0 Å². The number of aryl methyl sites for hydroxylation is 1. The van der Waals surface area contributed by atoms with E-state index in [-0.39, 0.29) is 16.9 Å². The molecule has 92 valence electrons. The summed E-state index contributed by atoms with van der Waals surface area (Å²) in [6, 6.07) is -0.369. The Balaban J connectivity index is 2.94. The van der Waals surface area contributed by atoms with Crippen LogP contribution in [0.3, 0.4) is 0 Å². The second kappa shape index (κ2) is 5.09. The van der Waals surface area contributed by atoms with Gasteiger partial charge in [0.05, 0.1) is 0 Å². The van der Waals surface area contributed by atoms with Crippen LogP contribution in [0.15, 0.2) is 9.00 Å². The van der Waals surface area contributed by atoms with Crippen LogP contribution in [0.4, 0.5) is 0 Å². The van der Waals surface area contributed by atoms with Gasteiger partial charge in [0.2, 0.25) is 0 Å². The number of aliphatic hydroxyl groups is 1. The van der Waals surface area contributed by atoms with Gasteiger partial charge in [0.1, 0.15) is 0 Å². The topological polar surface area (TPSA) is 99.3 Å². The molecule has 1 rings (SSSR count). The number of aromatic nitrogens is 1. The van der Waals surface area contributed by atoms with E-state index in [9.17, 15) is 13.2 Å². The Morgan fingerprint density at radius 2 is 2.19 bits per heavy atom. The Labute approximate surface area is 97.4 Å². The fourth-order valence-electron chi connectivity index (χ4n) is 1.22. The van der Waals surface area contributed by atoms with Gasteiger partial charge in [0.25, 0.3) is 10.0 Å². The number of thiazole rings is 1. The molecule has 0 aliphatic rings. The fourth-order valence-corrected chi connectivity index (χ4v) is 3.81. The molecular formula is C8H14N2O4S2.